The van der Waals surface area contributed by atoms with Gasteiger partial charge in [0.25, 0.3) is 0 Å². The minimum atomic E-state index is -0.461. The number of carbonyl (C=O) groups excluding carboxylic acids is 2. The molecule has 1 aliphatic rings. The van der Waals surface area contributed by atoms with Gasteiger partial charge in [0.1, 0.15) is 11.8 Å². The summed E-state index contributed by atoms with van der Waals surface area (Å²) in [7, 11) is 0. The van der Waals surface area contributed by atoms with Gasteiger partial charge in [0.2, 0.25) is 11.8 Å². The Bertz CT molecular complexity index is 693. The Morgan fingerprint density at radius 1 is 1.46 bits per heavy atom. The zero-order valence-corrected chi connectivity index (χ0v) is 13.8. The van der Waals surface area contributed by atoms with E-state index in [0.29, 0.717) is 31.8 Å². The molecule has 1 N–H and O–H groups in total. The topological polar surface area (TPSA) is 80.4 Å². The van der Waals surface area contributed by atoms with Crippen LogP contribution in [0.25, 0.3) is 0 Å². The van der Waals surface area contributed by atoms with Crippen molar-refractivity contribution < 1.29 is 14.0 Å². The molecular weight excluding hydrogens is 308 g/mol. The Morgan fingerprint density at radius 2 is 2.33 bits per heavy atom. The quantitative estimate of drug-likeness (QED) is 0.877. The lowest BCUT2D eigenvalue weighted by Crippen LogP contribution is -2.46. The maximum absolute atomic E-state index is 12.6. The van der Waals surface area contributed by atoms with Gasteiger partial charge in [-0.2, -0.15) is 0 Å². The van der Waals surface area contributed by atoms with Crippen LogP contribution < -0.4 is 5.32 Å². The highest BCUT2D eigenvalue weighted by Crippen LogP contribution is 2.22. The van der Waals surface area contributed by atoms with Gasteiger partial charge in [0.05, 0.1) is 37.9 Å². The molecule has 0 saturated heterocycles. The maximum Gasteiger partial charge on any atom is 0.245 e. The molecule has 7 nitrogen and oxygen atoms in total. The minimum Gasteiger partial charge on any atom is -0.467 e. The van der Waals surface area contributed by atoms with Crippen LogP contribution in [0.15, 0.2) is 35.3 Å². The number of carbonyl (C=O) groups is 2. The highest BCUT2D eigenvalue weighted by Gasteiger charge is 2.32. The van der Waals surface area contributed by atoms with Crippen molar-refractivity contribution >= 4 is 11.8 Å². The predicted molar refractivity (Wildman–Crippen MR) is 86.8 cm³/mol. The first-order valence-corrected chi connectivity index (χ1v) is 8.27. The van der Waals surface area contributed by atoms with Gasteiger partial charge in [0.15, 0.2) is 0 Å². The van der Waals surface area contributed by atoms with Gasteiger partial charge in [-0.3, -0.25) is 9.59 Å². The molecule has 2 aromatic rings. The van der Waals surface area contributed by atoms with Gasteiger partial charge in [-0.1, -0.05) is 13.3 Å². The molecule has 0 spiro atoms. The molecule has 24 heavy (non-hydrogen) atoms. The van der Waals surface area contributed by atoms with E-state index < -0.39 is 6.04 Å². The number of furan rings is 1. The van der Waals surface area contributed by atoms with Crippen LogP contribution in [0.5, 0.6) is 0 Å². The molecule has 0 radical (unpaired) electrons. The summed E-state index contributed by atoms with van der Waals surface area (Å²) >= 11 is 0. The van der Waals surface area contributed by atoms with E-state index in [1.54, 1.807) is 29.8 Å². The largest absolute Gasteiger partial charge is 0.467 e. The van der Waals surface area contributed by atoms with Crippen LogP contribution in [0.4, 0.5) is 0 Å². The summed E-state index contributed by atoms with van der Waals surface area (Å²) in [5.74, 6) is 0.646. The van der Waals surface area contributed by atoms with Crippen LogP contribution in [0.1, 0.15) is 43.7 Å². The number of rotatable bonds is 6. The second-order valence-electron chi connectivity index (χ2n) is 5.98. The van der Waals surface area contributed by atoms with Gasteiger partial charge in [-0.25, -0.2) is 4.98 Å². The molecule has 7 heteroatoms. The zero-order valence-electron chi connectivity index (χ0n) is 13.8. The predicted octanol–water partition coefficient (Wildman–Crippen LogP) is 1.87. The molecule has 2 amide bonds. The van der Waals surface area contributed by atoms with E-state index in [1.165, 1.54) is 0 Å². The number of hydrogen-bond acceptors (Lipinski definition) is 4. The standard InChI is InChI=1S/C17H22N4O3/c1-2-3-6-16(22)20-10-13-8-18-12-21(13)15(11-20)17(23)19-9-14-5-4-7-24-14/h4-5,7-8,12,15H,2-3,6,9-11H2,1H3,(H,19,23)/t15-/m0/s1. The van der Waals surface area contributed by atoms with E-state index in [0.717, 1.165) is 18.5 Å². The third-order valence-electron chi connectivity index (χ3n) is 4.24. The Hall–Kier alpha value is -2.57. The van der Waals surface area contributed by atoms with Crippen molar-refractivity contribution in [1.29, 1.82) is 0 Å². The monoisotopic (exact) mass is 330 g/mol. The third kappa shape index (κ3) is 3.50. The first kappa shape index (κ1) is 16.3. The lowest BCUT2D eigenvalue weighted by Gasteiger charge is -2.33. The number of unbranched alkanes of at least 4 members (excludes halogenated alkanes) is 1. The lowest BCUT2D eigenvalue weighted by molar-refractivity contribution is -0.135. The van der Waals surface area contributed by atoms with Crippen LogP contribution >= 0.6 is 0 Å². The molecular formula is C17H22N4O3. The fourth-order valence-electron chi connectivity index (χ4n) is 2.88. The Morgan fingerprint density at radius 3 is 3.08 bits per heavy atom. The average molecular weight is 330 g/mol. The smallest absolute Gasteiger partial charge is 0.245 e. The molecule has 3 heterocycles. The number of hydrogen-bond donors (Lipinski definition) is 1. The van der Waals surface area contributed by atoms with E-state index in [9.17, 15) is 9.59 Å². The van der Waals surface area contributed by atoms with Crippen molar-refractivity contribution in [3.63, 3.8) is 0 Å². The van der Waals surface area contributed by atoms with Crippen molar-refractivity contribution in [2.45, 2.75) is 45.3 Å². The highest BCUT2D eigenvalue weighted by molar-refractivity contribution is 5.82. The van der Waals surface area contributed by atoms with Gasteiger partial charge in [-0.05, 0) is 18.6 Å². The van der Waals surface area contributed by atoms with Gasteiger partial charge >= 0.3 is 0 Å². The molecule has 0 aromatic carbocycles. The van der Waals surface area contributed by atoms with Crippen molar-refractivity contribution in [2.75, 3.05) is 6.54 Å². The summed E-state index contributed by atoms with van der Waals surface area (Å²) in [6, 6.07) is 3.13. The van der Waals surface area contributed by atoms with E-state index in [-0.39, 0.29) is 11.8 Å². The number of nitrogens with zero attached hydrogens (tertiary/aromatic N) is 3. The van der Waals surface area contributed by atoms with Gasteiger partial charge < -0.3 is 19.2 Å². The summed E-state index contributed by atoms with van der Waals surface area (Å²) in [5.41, 5.74) is 0.879. The van der Waals surface area contributed by atoms with Crippen molar-refractivity contribution in [1.82, 2.24) is 19.8 Å². The van der Waals surface area contributed by atoms with Gasteiger partial charge in [-0.15, -0.1) is 0 Å². The number of aromatic nitrogens is 2. The summed E-state index contributed by atoms with van der Waals surface area (Å²) in [6.45, 7) is 3.26. The maximum atomic E-state index is 12.6. The number of fused-ring (bicyclic) bond motifs is 1. The van der Waals surface area contributed by atoms with E-state index >= 15 is 0 Å². The normalized spacial score (nSPS) is 16.7. The summed E-state index contributed by atoms with van der Waals surface area (Å²) in [6.07, 6.45) is 7.30. The van der Waals surface area contributed by atoms with Crippen LogP contribution in [0.3, 0.4) is 0 Å². The van der Waals surface area contributed by atoms with Crippen LogP contribution in [-0.2, 0) is 22.7 Å². The molecule has 1 atom stereocenters. The van der Waals surface area contributed by atoms with E-state index in [1.807, 2.05) is 10.6 Å². The van der Waals surface area contributed by atoms with Gasteiger partial charge in [0, 0.05) is 12.6 Å². The van der Waals surface area contributed by atoms with Crippen molar-refractivity contribution in [3.8, 4) is 0 Å². The zero-order chi connectivity index (χ0) is 16.9. The Balaban J connectivity index is 1.69. The number of nitrogens with one attached hydrogen (secondary N) is 1. The lowest BCUT2D eigenvalue weighted by atomic mass is 10.1. The molecule has 0 unspecified atom stereocenters. The van der Waals surface area contributed by atoms with Crippen LogP contribution in [0, 0.1) is 0 Å². The molecule has 0 fully saturated rings. The first-order valence-electron chi connectivity index (χ1n) is 8.27. The second kappa shape index (κ2) is 7.33. The minimum absolute atomic E-state index is 0.0909. The molecule has 2 aromatic heterocycles. The SMILES string of the molecule is CCCCC(=O)N1Cc2cncn2[C@H](C(=O)NCc2ccco2)C1. The third-order valence-corrected chi connectivity index (χ3v) is 4.24. The molecule has 0 bridgehead atoms. The van der Waals surface area contributed by atoms with Crippen molar-refractivity contribution in [2.24, 2.45) is 0 Å². The highest BCUT2D eigenvalue weighted by atomic mass is 16.3. The first-order chi connectivity index (χ1) is 11.7. The number of amides is 2. The van der Waals surface area contributed by atoms with Crippen LogP contribution in [0.2, 0.25) is 0 Å². The Labute approximate surface area is 140 Å². The fourth-order valence-corrected chi connectivity index (χ4v) is 2.88. The van der Waals surface area contributed by atoms with E-state index in [4.69, 9.17) is 4.42 Å². The molecule has 1 aliphatic heterocycles. The summed E-state index contributed by atoms with van der Waals surface area (Å²) < 4.78 is 7.08. The fraction of sp³-hybridized carbons (Fsp3) is 0.471. The second-order valence-corrected chi connectivity index (χ2v) is 5.98. The van der Waals surface area contributed by atoms with E-state index in [2.05, 4.69) is 17.2 Å². The van der Waals surface area contributed by atoms with Crippen molar-refractivity contribution in [3.05, 3.63) is 42.4 Å². The Kier molecular flexibility index (Phi) is 4.98. The molecule has 0 saturated carbocycles. The molecule has 0 aliphatic carbocycles. The average Bonchev–Trinajstić information content (AvgIpc) is 3.27. The number of imidazole rings is 1. The molecule has 128 valence electrons. The summed E-state index contributed by atoms with van der Waals surface area (Å²) in [4.78, 5) is 30.8. The molecule has 3 rings (SSSR count). The van der Waals surface area contributed by atoms with Crippen LogP contribution in [-0.4, -0.2) is 32.8 Å². The summed E-state index contributed by atoms with van der Waals surface area (Å²) in [5, 5.41) is 2.87.